The SMILES string of the molecule is Cc1ccc(N2C(=O)NC(=O)/C(=C\c3ccc(-c4ccc(F)cc4)o3)C2=O)cc1C. The van der Waals surface area contributed by atoms with Crippen LogP contribution in [0.15, 0.2) is 64.6 Å². The molecular weight excluding hydrogens is 387 g/mol. The number of barbiturate groups is 1. The number of hydrogen-bond donors (Lipinski definition) is 1. The van der Waals surface area contributed by atoms with Crippen LogP contribution in [0.5, 0.6) is 0 Å². The minimum absolute atomic E-state index is 0.229. The van der Waals surface area contributed by atoms with Crippen molar-refractivity contribution in [3.8, 4) is 11.3 Å². The summed E-state index contributed by atoms with van der Waals surface area (Å²) in [6.45, 7) is 3.79. The van der Waals surface area contributed by atoms with Crippen LogP contribution >= 0.6 is 0 Å². The van der Waals surface area contributed by atoms with E-state index in [-0.39, 0.29) is 17.2 Å². The summed E-state index contributed by atoms with van der Waals surface area (Å²) in [5.74, 6) is -1.21. The Morgan fingerprint density at radius 3 is 2.37 bits per heavy atom. The van der Waals surface area contributed by atoms with Crippen LogP contribution in [-0.4, -0.2) is 17.8 Å². The van der Waals surface area contributed by atoms with Gasteiger partial charge in [0.25, 0.3) is 11.8 Å². The van der Waals surface area contributed by atoms with Crippen molar-refractivity contribution in [3.63, 3.8) is 0 Å². The first kappa shape index (κ1) is 19.3. The molecule has 4 amide bonds. The molecule has 0 saturated carbocycles. The number of imide groups is 2. The molecule has 2 aromatic carbocycles. The van der Waals surface area contributed by atoms with Crippen LogP contribution in [0, 0.1) is 19.7 Å². The monoisotopic (exact) mass is 404 g/mol. The molecular formula is C23H17FN2O4. The number of amides is 4. The Hall–Kier alpha value is -4.00. The fourth-order valence-corrected chi connectivity index (χ4v) is 3.10. The lowest BCUT2D eigenvalue weighted by Crippen LogP contribution is -2.54. The number of rotatable bonds is 3. The number of aryl methyl sites for hydroxylation is 2. The molecule has 4 rings (SSSR count). The number of hydrogen-bond acceptors (Lipinski definition) is 4. The topological polar surface area (TPSA) is 79.6 Å². The minimum atomic E-state index is -0.808. The number of urea groups is 1. The van der Waals surface area contributed by atoms with Gasteiger partial charge in [-0.05, 0) is 79.6 Å². The van der Waals surface area contributed by atoms with Crippen molar-refractivity contribution >= 4 is 29.6 Å². The van der Waals surface area contributed by atoms with Gasteiger partial charge in [-0.15, -0.1) is 0 Å². The summed E-state index contributed by atoms with van der Waals surface area (Å²) in [7, 11) is 0. The van der Waals surface area contributed by atoms with Gasteiger partial charge in [0.1, 0.15) is 22.9 Å². The number of benzene rings is 2. The van der Waals surface area contributed by atoms with E-state index in [1.165, 1.54) is 18.2 Å². The number of furan rings is 1. The second kappa shape index (κ2) is 7.44. The van der Waals surface area contributed by atoms with Gasteiger partial charge in [0.2, 0.25) is 0 Å². The molecule has 1 aromatic heterocycles. The van der Waals surface area contributed by atoms with Gasteiger partial charge in [-0.25, -0.2) is 14.1 Å². The van der Waals surface area contributed by atoms with Crippen LogP contribution in [0.4, 0.5) is 14.9 Å². The Morgan fingerprint density at radius 2 is 1.67 bits per heavy atom. The van der Waals surface area contributed by atoms with Crippen molar-refractivity contribution in [1.29, 1.82) is 0 Å². The van der Waals surface area contributed by atoms with Crippen molar-refractivity contribution in [3.05, 3.63) is 82.9 Å². The first-order chi connectivity index (χ1) is 14.3. The highest BCUT2D eigenvalue weighted by molar-refractivity contribution is 6.39. The van der Waals surface area contributed by atoms with E-state index in [1.807, 2.05) is 13.8 Å². The van der Waals surface area contributed by atoms with Crippen LogP contribution in [0.2, 0.25) is 0 Å². The third kappa shape index (κ3) is 3.53. The lowest BCUT2D eigenvalue weighted by Gasteiger charge is -2.26. The van der Waals surface area contributed by atoms with Crippen LogP contribution < -0.4 is 10.2 Å². The highest BCUT2D eigenvalue weighted by Crippen LogP contribution is 2.26. The quantitative estimate of drug-likeness (QED) is 0.519. The van der Waals surface area contributed by atoms with E-state index in [0.29, 0.717) is 17.0 Å². The molecule has 0 spiro atoms. The Balaban J connectivity index is 1.67. The van der Waals surface area contributed by atoms with Gasteiger partial charge in [0.05, 0.1) is 5.69 Å². The molecule has 1 fully saturated rings. The molecule has 150 valence electrons. The fraction of sp³-hybridized carbons (Fsp3) is 0.0870. The molecule has 0 atom stereocenters. The number of halogens is 1. The van der Waals surface area contributed by atoms with Gasteiger partial charge in [-0.1, -0.05) is 6.07 Å². The zero-order chi connectivity index (χ0) is 21.4. The smallest absolute Gasteiger partial charge is 0.335 e. The molecule has 1 saturated heterocycles. The predicted molar refractivity (Wildman–Crippen MR) is 109 cm³/mol. The van der Waals surface area contributed by atoms with Crippen LogP contribution in [0.25, 0.3) is 17.4 Å². The molecule has 6 nitrogen and oxygen atoms in total. The molecule has 3 aromatic rings. The van der Waals surface area contributed by atoms with Gasteiger partial charge in [0.15, 0.2) is 0 Å². The van der Waals surface area contributed by atoms with E-state index < -0.39 is 17.8 Å². The highest BCUT2D eigenvalue weighted by atomic mass is 19.1. The third-order valence-electron chi connectivity index (χ3n) is 4.89. The van der Waals surface area contributed by atoms with E-state index in [0.717, 1.165) is 16.0 Å². The van der Waals surface area contributed by atoms with E-state index in [4.69, 9.17) is 4.42 Å². The molecule has 1 N–H and O–H groups in total. The normalized spacial score (nSPS) is 15.6. The summed E-state index contributed by atoms with van der Waals surface area (Å²) in [6, 6.07) is 13.3. The molecule has 7 heteroatoms. The fourth-order valence-electron chi connectivity index (χ4n) is 3.10. The average molecular weight is 404 g/mol. The molecule has 1 aliphatic heterocycles. The maximum atomic E-state index is 13.1. The lowest BCUT2D eigenvalue weighted by molar-refractivity contribution is -0.122. The minimum Gasteiger partial charge on any atom is -0.457 e. The van der Waals surface area contributed by atoms with Crippen molar-refractivity contribution in [2.75, 3.05) is 4.90 Å². The second-order valence-electron chi connectivity index (χ2n) is 6.94. The van der Waals surface area contributed by atoms with Crippen LogP contribution in [0.3, 0.4) is 0 Å². The van der Waals surface area contributed by atoms with Crippen molar-refractivity contribution in [2.45, 2.75) is 13.8 Å². The molecule has 2 heterocycles. The molecule has 0 radical (unpaired) electrons. The summed E-state index contributed by atoms with van der Waals surface area (Å²) < 4.78 is 18.8. The highest BCUT2D eigenvalue weighted by Gasteiger charge is 2.37. The summed E-state index contributed by atoms with van der Waals surface area (Å²) in [5, 5.41) is 2.18. The Kier molecular flexibility index (Phi) is 4.79. The zero-order valence-electron chi connectivity index (χ0n) is 16.2. The van der Waals surface area contributed by atoms with Gasteiger partial charge in [-0.2, -0.15) is 0 Å². The van der Waals surface area contributed by atoms with E-state index >= 15 is 0 Å². The molecule has 0 aliphatic carbocycles. The first-order valence-corrected chi connectivity index (χ1v) is 9.18. The van der Waals surface area contributed by atoms with E-state index in [9.17, 15) is 18.8 Å². The third-order valence-corrected chi connectivity index (χ3v) is 4.89. The lowest BCUT2D eigenvalue weighted by atomic mass is 10.1. The van der Waals surface area contributed by atoms with Gasteiger partial charge < -0.3 is 4.42 Å². The zero-order valence-corrected chi connectivity index (χ0v) is 16.2. The average Bonchev–Trinajstić information content (AvgIpc) is 3.17. The summed E-state index contributed by atoms with van der Waals surface area (Å²) in [5.41, 5.74) is 2.70. The van der Waals surface area contributed by atoms with E-state index in [1.54, 1.807) is 42.5 Å². The summed E-state index contributed by atoms with van der Waals surface area (Å²) in [6.07, 6.45) is 1.28. The second-order valence-corrected chi connectivity index (χ2v) is 6.94. The van der Waals surface area contributed by atoms with Crippen molar-refractivity contribution in [2.24, 2.45) is 0 Å². The van der Waals surface area contributed by atoms with Crippen molar-refractivity contribution in [1.82, 2.24) is 5.32 Å². The predicted octanol–water partition coefficient (Wildman–Crippen LogP) is 4.37. The number of carbonyl (C=O) groups excluding carboxylic acids is 3. The molecule has 1 aliphatic rings. The summed E-state index contributed by atoms with van der Waals surface area (Å²) in [4.78, 5) is 38.5. The van der Waals surface area contributed by atoms with Gasteiger partial charge >= 0.3 is 6.03 Å². The maximum absolute atomic E-state index is 13.1. The largest absolute Gasteiger partial charge is 0.457 e. The Labute approximate surface area is 171 Å². The van der Waals surface area contributed by atoms with Crippen LogP contribution in [0.1, 0.15) is 16.9 Å². The van der Waals surface area contributed by atoms with Gasteiger partial charge in [-0.3, -0.25) is 14.9 Å². The number of nitrogens with zero attached hydrogens (tertiary/aromatic N) is 1. The number of carbonyl (C=O) groups is 3. The molecule has 0 unspecified atom stereocenters. The molecule has 0 bridgehead atoms. The molecule has 30 heavy (non-hydrogen) atoms. The number of anilines is 1. The first-order valence-electron chi connectivity index (χ1n) is 9.18. The maximum Gasteiger partial charge on any atom is 0.335 e. The Morgan fingerprint density at radius 1 is 0.933 bits per heavy atom. The number of nitrogens with one attached hydrogen (secondary N) is 1. The standard InChI is InChI=1S/C23H17FN2O4/c1-13-3-8-17(11-14(13)2)26-22(28)19(21(27)25-23(26)29)12-18-9-10-20(30-18)15-4-6-16(24)7-5-15/h3-12H,1-2H3,(H,25,27,29)/b19-12+. The van der Waals surface area contributed by atoms with E-state index in [2.05, 4.69) is 5.32 Å². The summed E-state index contributed by atoms with van der Waals surface area (Å²) >= 11 is 0. The van der Waals surface area contributed by atoms with Gasteiger partial charge in [0, 0.05) is 5.56 Å². The van der Waals surface area contributed by atoms with Crippen LogP contribution in [-0.2, 0) is 9.59 Å². The Bertz CT molecular complexity index is 1210. The van der Waals surface area contributed by atoms with Crippen molar-refractivity contribution < 1.29 is 23.2 Å².